The fourth-order valence-corrected chi connectivity index (χ4v) is 5.79. The zero-order valence-electron chi connectivity index (χ0n) is 22.0. The SMILES string of the molecule is CCOC(=O)[C@H]1[C@@H](c2ccc(Br)cc2)N1C(c1cc(C)c(OC)c(C)c1)c1cc(C)c(OC)c(C)c1. The summed E-state index contributed by atoms with van der Waals surface area (Å²) in [5.74, 6) is 1.58. The number of ether oxygens (including phenoxy) is 3. The molecule has 190 valence electrons. The Morgan fingerprint density at radius 2 is 1.31 bits per heavy atom. The standard InChI is InChI=1S/C30H34BrNO4/c1-8-36-30(33)27-26(21-9-11-24(31)12-10-21)32(27)25(22-13-17(2)28(34-6)18(3)14-22)23-15-19(4)29(35-7)20(5)16-23/h9-16,25-27H,8H2,1-7H3/t26-,27-,32?/m1/s1. The molecule has 0 radical (unpaired) electrons. The van der Waals surface area contributed by atoms with E-state index in [1.165, 1.54) is 0 Å². The van der Waals surface area contributed by atoms with Gasteiger partial charge in [-0.2, -0.15) is 0 Å². The summed E-state index contributed by atoms with van der Waals surface area (Å²) in [7, 11) is 3.40. The molecule has 1 fully saturated rings. The Hall–Kier alpha value is -2.83. The van der Waals surface area contributed by atoms with Crippen LogP contribution in [-0.4, -0.2) is 37.7 Å². The molecule has 0 aliphatic carbocycles. The third kappa shape index (κ3) is 4.89. The van der Waals surface area contributed by atoms with Crippen molar-refractivity contribution in [3.8, 4) is 11.5 Å². The number of aryl methyl sites for hydroxylation is 4. The molecule has 0 saturated carbocycles. The zero-order valence-corrected chi connectivity index (χ0v) is 23.6. The van der Waals surface area contributed by atoms with Crippen LogP contribution in [0, 0.1) is 27.7 Å². The highest BCUT2D eigenvalue weighted by Crippen LogP contribution is 2.53. The molecular formula is C30H34BrNO4. The van der Waals surface area contributed by atoms with Gasteiger partial charge in [-0.1, -0.05) is 52.3 Å². The van der Waals surface area contributed by atoms with E-state index >= 15 is 0 Å². The highest BCUT2D eigenvalue weighted by molar-refractivity contribution is 9.10. The van der Waals surface area contributed by atoms with Crippen molar-refractivity contribution in [2.45, 2.75) is 52.7 Å². The van der Waals surface area contributed by atoms with E-state index in [1.807, 2.05) is 19.1 Å². The Morgan fingerprint density at radius 3 is 1.69 bits per heavy atom. The predicted molar refractivity (Wildman–Crippen MR) is 146 cm³/mol. The minimum absolute atomic E-state index is 0.0902. The molecule has 4 rings (SSSR count). The summed E-state index contributed by atoms with van der Waals surface area (Å²) in [6.07, 6.45) is 0. The molecule has 6 heteroatoms. The van der Waals surface area contributed by atoms with Crippen LogP contribution in [0.4, 0.5) is 0 Å². The Bertz CT molecular complexity index is 1160. The van der Waals surface area contributed by atoms with Crippen molar-refractivity contribution in [1.82, 2.24) is 4.90 Å². The minimum atomic E-state index is -0.374. The van der Waals surface area contributed by atoms with Crippen LogP contribution >= 0.6 is 15.9 Å². The van der Waals surface area contributed by atoms with E-state index in [4.69, 9.17) is 14.2 Å². The summed E-state index contributed by atoms with van der Waals surface area (Å²) in [6.45, 7) is 10.5. The molecule has 1 saturated heterocycles. The highest BCUT2D eigenvalue weighted by Gasteiger charge is 2.58. The van der Waals surface area contributed by atoms with Crippen LogP contribution in [0.3, 0.4) is 0 Å². The largest absolute Gasteiger partial charge is 0.496 e. The number of benzene rings is 3. The smallest absolute Gasteiger partial charge is 0.325 e. The van der Waals surface area contributed by atoms with Gasteiger partial charge in [0.15, 0.2) is 0 Å². The summed E-state index contributed by atoms with van der Waals surface area (Å²) in [5, 5.41) is 0. The van der Waals surface area contributed by atoms with E-state index in [0.717, 1.165) is 54.9 Å². The first-order valence-corrected chi connectivity index (χ1v) is 13.0. The monoisotopic (exact) mass is 551 g/mol. The molecule has 1 aliphatic heterocycles. The molecule has 0 aromatic heterocycles. The number of halogens is 1. The molecule has 1 unspecified atom stereocenters. The third-order valence-electron chi connectivity index (χ3n) is 6.89. The lowest BCUT2D eigenvalue weighted by molar-refractivity contribution is -0.143. The quantitative estimate of drug-likeness (QED) is 0.228. The molecule has 3 aromatic rings. The van der Waals surface area contributed by atoms with E-state index in [-0.39, 0.29) is 24.1 Å². The number of hydrogen-bond acceptors (Lipinski definition) is 5. The van der Waals surface area contributed by atoms with Gasteiger partial charge in [0.25, 0.3) is 0 Å². The normalized spacial score (nSPS) is 18.8. The average Bonchev–Trinajstić information content (AvgIpc) is 3.54. The van der Waals surface area contributed by atoms with Crippen molar-refractivity contribution in [3.05, 3.63) is 91.9 Å². The fourth-order valence-electron chi connectivity index (χ4n) is 5.53. The van der Waals surface area contributed by atoms with E-state index < -0.39 is 0 Å². The number of nitrogens with zero attached hydrogens (tertiary/aromatic N) is 1. The second kappa shape index (κ2) is 10.7. The molecule has 36 heavy (non-hydrogen) atoms. The Kier molecular flexibility index (Phi) is 7.76. The number of hydrogen-bond donors (Lipinski definition) is 0. The van der Waals surface area contributed by atoms with Gasteiger partial charge in [-0.15, -0.1) is 0 Å². The van der Waals surface area contributed by atoms with Gasteiger partial charge < -0.3 is 14.2 Å². The Labute approximate surface area is 222 Å². The van der Waals surface area contributed by atoms with Crippen molar-refractivity contribution in [2.75, 3.05) is 20.8 Å². The van der Waals surface area contributed by atoms with Gasteiger partial charge in [-0.05, 0) is 85.7 Å². The van der Waals surface area contributed by atoms with Gasteiger partial charge in [-0.3, -0.25) is 9.69 Å². The fraction of sp³-hybridized carbons (Fsp3) is 0.367. The van der Waals surface area contributed by atoms with Gasteiger partial charge in [0.2, 0.25) is 0 Å². The maximum Gasteiger partial charge on any atom is 0.325 e. The first-order valence-electron chi connectivity index (χ1n) is 12.2. The first kappa shape index (κ1) is 26.2. The number of rotatable bonds is 8. The molecule has 0 N–H and O–H groups in total. The molecule has 1 aliphatic rings. The third-order valence-corrected chi connectivity index (χ3v) is 7.42. The second-order valence-corrected chi connectivity index (χ2v) is 10.3. The number of carbonyl (C=O) groups is 1. The Balaban J connectivity index is 1.90. The van der Waals surface area contributed by atoms with Crippen LogP contribution < -0.4 is 9.47 Å². The highest BCUT2D eigenvalue weighted by atomic mass is 79.9. The predicted octanol–water partition coefficient (Wildman–Crippen LogP) is 6.78. The van der Waals surface area contributed by atoms with E-state index in [1.54, 1.807) is 14.2 Å². The maximum absolute atomic E-state index is 13.2. The van der Waals surface area contributed by atoms with Gasteiger partial charge >= 0.3 is 5.97 Å². The van der Waals surface area contributed by atoms with Crippen molar-refractivity contribution in [1.29, 1.82) is 0 Å². The molecule has 0 spiro atoms. The number of methoxy groups -OCH3 is 2. The lowest BCUT2D eigenvalue weighted by atomic mass is 9.92. The van der Waals surface area contributed by atoms with Crippen LogP contribution in [0.5, 0.6) is 11.5 Å². The van der Waals surface area contributed by atoms with Crippen LogP contribution in [-0.2, 0) is 9.53 Å². The summed E-state index contributed by atoms with van der Waals surface area (Å²) in [6, 6.07) is 16.3. The summed E-state index contributed by atoms with van der Waals surface area (Å²) in [5.41, 5.74) is 7.57. The zero-order chi connectivity index (χ0) is 26.1. The maximum atomic E-state index is 13.2. The van der Waals surface area contributed by atoms with Crippen molar-refractivity contribution in [2.24, 2.45) is 0 Å². The van der Waals surface area contributed by atoms with Crippen LogP contribution in [0.15, 0.2) is 53.0 Å². The Morgan fingerprint density at radius 1 is 0.861 bits per heavy atom. The van der Waals surface area contributed by atoms with Crippen molar-refractivity contribution in [3.63, 3.8) is 0 Å². The average molecular weight is 553 g/mol. The molecule has 3 atom stereocenters. The molecule has 0 bridgehead atoms. The van der Waals surface area contributed by atoms with E-state index in [9.17, 15) is 4.79 Å². The first-order chi connectivity index (χ1) is 17.2. The van der Waals surface area contributed by atoms with Gasteiger partial charge in [0.05, 0.1) is 32.9 Å². The second-order valence-electron chi connectivity index (χ2n) is 9.42. The molecule has 1 heterocycles. The lowest BCUT2D eigenvalue weighted by Crippen LogP contribution is -2.21. The lowest BCUT2D eigenvalue weighted by Gasteiger charge is -2.25. The molecule has 5 nitrogen and oxygen atoms in total. The summed E-state index contributed by atoms with van der Waals surface area (Å²) < 4.78 is 17.8. The van der Waals surface area contributed by atoms with Gasteiger partial charge in [0, 0.05) is 4.47 Å². The van der Waals surface area contributed by atoms with Crippen LogP contribution in [0.2, 0.25) is 0 Å². The van der Waals surface area contributed by atoms with E-state index in [0.29, 0.717) is 6.61 Å². The molecule has 0 amide bonds. The molecular weight excluding hydrogens is 518 g/mol. The molecule has 3 aromatic carbocycles. The van der Waals surface area contributed by atoms with Gasteiger partial charge in [0.1, 0.15) is 17.5 Å². The number of carbonyl (C=O) groups excluding carboxylic acids is 1. The number of esters is 1. The van der Waals surface area contributed by atoms with Crippen LogP contribution in [0.1, 0.15) is 58.0 Å². The van der Waals surface area contributed by atoms with Crippen molar-refractivity contribution >= 4 is 21.9 Å². The topological polar surface area (TPSA) is 47.8 Å². The van der Waals surface area contributed by atoms with Gasteiger partial charge in [-0.25, -0.2) is 0 Å². The van der Waals surface area contributed by atoms with Crippen molar-refractivity contribution < 1.29 is 19.0 Å². The summed E-state index contributed by atoms with van der Waals surface area (Å²) >= 11 is 3.53. The van der Waals surface area contributed by atoms with Crippen LogP contribution in [0.25, 0.3) is 0 Å². The summed E-state index contributed by atoms with van der Waals surface area (Å²) in [4.78, 5) is 15.5. The van der Waals surface area contributed by atoms with E-state index in [2.05, 4.69) is 84.9 Å². The minimum Gasteiger partial charge on any atom is -0.496 e.